The first-order valence-corrected chi connectivity index (χ1v) is 7.12. The van der Waals surface area contributed by atoms with Gasteiger partial charge in [-0.3, -0.25) is 4.90 Å². The average Bonchev–Trinajstić information content (AvgIpc) is 2.98. The molecule has 1 fully saturated rings. The molecule has 1 aliphatic heterocycles. The fourth-order valence-corrected chi connectivity index (χ4v) is 2.37. The Bertz CT molecular complexity index is 574. The van der Waals surface area contributed by atoms with Crippen molar-refractivity contribution < 1.29 is 9.15 Å². The lowest BCUT2D eigenvalue weighted by Crippen LogP contribution is -2.43. The molecular formula is C15H20N4O2. The van der Waals surface area contributed by atoms with Crippen LogP contribution in [0.5, 0.6) is 5.75 Å². The maximum Gasteiger partial charge on any atom is 0.247 e. The van der Waals surface area contributed by atoms with Crippen molar-refractivity contribution in [1.82, 2.24) is 20.0 Å². The van der Waals surface area contributed by atoms with Crippen molar-refractivity contribution in [2.24, 2.45) is 0 Å². The van der Waals surface area contributed by atoms with Gasteiger partial charge in [0.1, 0.15) is 5.75 Å². The van der Waals surface area contributed by atoms with E-state index < -0.39 is 0 Å². The molecule has 112 valence electrons. The van der Waals surface area contributed by atoms with Crippen molar-refractivity contribution >= 4 is 0 Å². The first kappa shape index (κ1) is 14.0. The zero-order chi connectivity index (χ0) is 14.7. The standard InChI is InChI=1S/C15H20N4O2/c1-18-7-9-19(10-8-18)11-14-16-17-15(21-14)12-3-5-13(20-2)6-4-12/h3-6H,7-11H2,1-2H3. The van der Waals surface area contributed by atoms with E-state index in [2.05, 4.69) is 27.0 Å². The Morgan fingerprint density at radius 2 is 1.81 bits per heavy atom. The summed E-state index contributed by atoms with van der Waals surface area (Å²) in [6, 6.07) is 7.62. The van der Waals surface area contributed by atoms with Gasteiger partial charge in [-0.25, -0.2) is 0 Å². The summed E-state index contributed by atoms with van der Waals surface area (Å²) >= 11 is 0. The molecule has 0 saturated carbocycles. The second-order valence-corrected chi connectivity index (χ2v) is 5.31. The summed E-state index contributed by atoms with van der Waals surface area (Å²) in [7, 11) is 3.79. The minimum absolute atomic E-state index is 0.557. The van der Waals surface area contributed by atoms with E-state index in [0.29, 0.717) is 11.8 Å². The van der Waals surface area contributed by atoms with Crippen LogP contribution in [-0.4, -0.2) is 60.3 Å². The van der Waals surface area contributed by atoms with Crippen molar-refractivity contribution in [3.63, 3.8) is 0 Å². The van der Waals surface area contributed by atoms with Crippen LogP contribution in [0.3, 0.4) is 0 Å². The molecule has 21 heavy (non-hydrogen) atoms. The third kappa shape index (κ3) is 3.40. The number of piperazine rings is 1. The minimum Gasteiger partial charge on any atom is -0.497 e. The molecule has 2 heterocycles. The number of nitrogens with zero attached hydrogens (tertiary/aromatic N) is 4. The molecule has 6 heteroatoms. The monoisotopic (exact) mass is 288 g/mol. The van der Waals surface area contributed by atoms with Crippen molar-refractivity contribution in [1.29, 1.82) is 0 Å². The first-order valence-electron chi connectivity index (χ1n) is 7.12. The number of aromatic nitrogens is 2. The predicted octanol–water partition coefficient (Wildman–Crippen LogP) is 1.49. The van der Waals surface area contributed by atoms with Gasteiger partial charge in [-0.05, 0) is 31.3 Å². The summed E-state index contributed by atoms with van der Waals surface area (Å²) < 4.78 is 10.9. The third-order valence-electron chi connectivity index (χ3n) is 3.76. The van der Waals surface area contributed by atoms with E-state index in [1.807, 2.05) is 24.3 Å². The number of ether oxygens (including phenoxy) is 1. The van der Waals surface area contributed by atoms with Crippen LogP contribution in [0.15, 0.2) is 28.7 Å². The Morgan fingerprint density at radius 1 is 1.10 bits per heavy atom. The number of methoxy groups -OCH3 is 1. The van der Waals surface area contributed by atoms with Gasteiger partial charge >= 0.3 is 0 Å². The molecule has 0 spiro atoms. The molecule has 1 aliphatic rings. The molecule has 3 rings (SSSR count). The summed E-state index contributed by atoms with van der Waals surface area (Å²) in [6.45, 7) is 4.96. The second-order valence-electron chi connectivity index (χ2n) is 5.31. The van der Waals surface area contributed by atoms with Crippen LogP contribution < -0.4 is 4.74 Å². The maximum absolute atomic E-state index is 5.75. The third-order valence-corrected chi connectivity index (χ3v) is 3.76. The number of hydrogen-bond acceptors (Lipinski definition) is 6. The van der Waals surface area contributed by atoms with Gasteiger partial charge in [0, 0.05) is 31.7 Å². The lowest BCUT2D eigenvalue weighted by atomic mass is 10.2. The molecular weight excluding hydrogens is 268 g/mol. The largest absolute Gasteiger partial charge is 0.497 e. The van der Waals surface area contributed by atoms with Gasteiger partial charge in [0.2, 0.25) is 11.8 Å². The number of rotatable bonds is 4. The Balaban J connectivity index is 1.65. The van der Waals surface area contributed by atoms with Gasteiger partial charge in [-0.2, -0.15) is 0 Å². The second kappa shape index (κ2) is 6.24. The molecule has 0 radical (unpaired) electrons. The Hall–Kier alpha value is -1.92. The summed E-state index contributed by atoms with van der Waals surface area (Å²) in [4.78, 5) is 4.67. The van der Waals surface area contributed by atoms with Gasteiger partial charge in [-0.15, -0.1) is 10.2 Å². The van der Waals surface area contributed by atoms with E-state index in [1.165, 1.54) is 0 Å². The number of hydrogen-bond donors (Lipinski definition) is 0. The van der Waals surface area contributed by atoms with Crippen LogP contribution in [0.1, 0.15) is 5.89 Å². The van der Waals surface area contributed by atoms with Crippen molar-refractivity contribution in [2.45, 2.75) is 6.54 Å². The molecule has 1 saturated heterocycles. The molecule has 2 aromatic rings. The first-order chi connectivity index (χ1) is 10.2. The van der Waals surface area contributed by atoms with E-state index in [9.17, 15) is 0 Å². The molecule has 0 atom stereocenters. The molecule has 0 N–H and O–H groups in total. The van der Waals surface area contributed by atoms with Gasteiger partial charge in [0.15, 0.2) is 0 Å². The van der Waals surface area contributed by atoms with Crippen LogP contribution in [0, 0.1) is 0 Å². The maximum atomic E-state index is 5.75. The topological polar surface area (TPSA) is 54.6 Å². The highest BCUT2D eigenvalue weighted by molar-refractivity contribution is 5.53. The highest BCUT2D eigenvalue weighted by atomic mass is 16.5. The van der Waals surface area contributed by atoms with Crippen LogP contribution >= 0.6 is 0 Å². The molecule has 0 aliphatic carbocycles. The van der Waals surface area contributed by atoms with Gasteiger partial charge in [-0.1, -0.05) is 0 Å². The van der Waals surface area contributed by atoms with Crippen LogP contribution in [0.2, 0.25) is 0 Å². The SMILES string of the molecule is COc1ccc(-c2nnc(CN3CCN(C)CC3)o2)cc1. The lowest BCUT2D eigenvalue weighted by Gasteiger charge is -2.31. The normalized spacial score (nSPS) is 17.0. The van der Waals surface area contributed by atoms with Crippen LogP contribution in [-0.2, 0) is 6.54 Å². The van der Waals surface area contributed by atoms with E-state index in [-0.39, 0.29) is 0 Å². The summed E-state index contributed by atoms with van der Waals surface area (Å²) in [5.41, 5.74) is 0.910. The predicted molar refractivity (Wildman–Crippen MR) is 79.1 cm³/mol. The molecule has 0 unspecified atom stereocenters. The number of likely N-dealkylation sites (N-methyl/N-ethyl adjacent to an activating group) is 1. The van der Waals surface area contributed by atoms with Crippen molar-refractivity contribution in [3.05, 3.63) is 30.2 Å². The molecule has 0 amide bonds. The summed E-state index contributed by atoms with van der Waals surface area (Å²) in [5.74, 6) is 2.04. The van der Waals surface area contributed by atoms with Crippen molar-refractivity contribution in [2.75, 3.05) is 40.3 Å². The van der Waals surface area contributed by atoms with E-state index in [1.54, 1.807) is 7.11 Å². The smallest absolute Gasteiger partial charge is 0.247 e. The average molecular weight is 288 g/mol. The van der Waals surface area contributed by atoms with Crippen LogP contribution in [0.25, 0.3) is 11.5 Å². The molecule has 1 aromatic heterocycles. The molecule has 1 aromatic carbocycles. The zero-order valence-corrected chi connectivity index (χ0v) is 12.5. The van der Waals surface area contributed by atoms with E-state index >= 15 is 0 Å². The van der Waals surface area contributed by atoms with Crippen molar-refractivity contribution in [3.8, 4) is 17.2 Å². The quantitative estimate of drug-likeness (QED) is 0.849. The Labute approximate surface area is 124 Å². The fraction of sp³-hybridized carbons (Fsp3) is 0.467. The van der Waals surface area contributed by atoms with Gasteiger partial charge in [0.25, 0.3) is 0 Å². The Morgan fingerprint density at radius 3 is 2.48 bits per heavy atom. The summed E-state index contributed by atoms with van der Waals surface area (Å²) in [6.07, 6.45) is 0. The van der Waals surface area contributed by atoms with E-state index in [0.717, 1.165) is 44.0 Å². The molecule has 0 bridgehead atoms. The highest BCUT2D eigenvalue weighted by Crippen LogP contribution is 2.21. The van der Waals surface area contributed by atoms with E-state index in [4.69, 9.17) is 9.15 Å². The molecule has 6 nitrogen and oxygen atoms in total. The fourth-order valence-electron chi connectivity index (χ4n) is 2.37. The highest BCUT2D eigenvalue weighted by Gasteiger charge is 2.17. The number of benzene rings is 1. The summed E-state index contributed by atoms with van der Waals surface area (Å²) in [5, 5.41) is 8.27. The minimum atomic E-state index is 0.557. The van der Waals surface area contributed by atoms with Gasteiger partial charge in [0.05, 0.1) is 13.7 Å². The zero-order valence-electron chi connectivity index (χ0n) is 12.5. The lowest BCUT2D eigenvalue weighted by molar-refractivity contribution is 0.138. The van der Waals surface area contributed by atoms with Crippen LogP contribution in [0.4, 0.5) is 0 Å². The van der Waals surface area contributed by atoms with Gasteiger partial charge < -0.3 is 14.1 Å². The Kier molecular flexibility index (Phi) is 4.17.